The summed E-state index contributed by atoms with van der Waals surface area (Å²) in [5, 5.41) is 6.40. The second-order valence-corrected chi connectivity index (χ2v) is 5.45. The fourth-order valence-corrected chi connectivity index (χ4v) is 2.26. The molecule has 2 aromatic carbocycles. The van der Waals surface area contributed by atoms with E-state index in [1.165, 1.54) is 12.1 Å². The summed E-state index contributed by atoms with van der Waals surface area (Å²) in [4.78, 5) is 8.62. The third-order valence-electron chi connectivity index (χ3n) is 3.65. The predicted molar refractivity (Wildman–Crippen MR) is 96.1 cm³/mol. The van der Waals surface area contributed by atoms with Crippen LogP contribution in [0.1, 0.15) is 11.1 Å². The Morgan fingerprint density at radius 2 is 1.52 bits per heavy atom. The van der Waals surface area contributed by atoms with E-state index in [4.69, 9.17) is 4.74 Å². The average Bonchev–Trinajstić information content (AvgIpc) is 2.67. The number of rotatable bonds is 7. The molecular weight excluding hydrogens is 319 g/mol. The largest absolute Gasteiger partial charge is 0.497 e. The normalized spacial score (nSPS) is 10.3. The van der Waals surface area contributed by atoms with E-state index >= 15 is 0 Å². The highest BCUT2D eigenvalue weighted by Gasteiger charge is 2.01. The summed E-state index contributed by atoms with van der Waals surface area (Å²) in [7, 11) is 1.65. The molecule has 0 amide bonds. The first-order valence-electron chi connectivity index (χ1n) is 7.91. The minimum atomic E-state index is -0.246. The lowest BCUT2D eigenvalue weighted by Gasteiger charge is -2.09. The maximum Gasteiger partial charge on any atom is 0.224 e. The molecule has 1 heterocycles. The lowest BCUT2D eigenvalue weighted by Crippen LogP contribution is -2.06. The molecule has 3 rings (SSSR count). The third-order valence-corrected chi connectivity index (χ3v) is 3.65. The average molecular weight is 338 g/mol. The van der Waals surface area contributed by atoms with Gasteiger partial charge in [-0.25, -0.2) is 9.37 Å². The van der Waals surface area contributed by atoms with Gasteiger partial charge >= 0.3 is 0 Å². The van der Waals surface area contributed by atoms with E-state index in [0.717, 1.165) is 22.7 Å². The van der Waals surface area contributed by atoms with Crippen LogP contribution in [-0.2, 0) is 13.1 Å². The molecule has 0 saturated carbocycles. The van der Waals surface area contributed by atoms with Crippen LogP contribution in [0.15, 0.2) is 60.8 Å². The number of methoxy groups -OCH3 is 1. The summed E-state index contributed by atoms with van der Waals surface area (Å²) in [6.45, 7) is 1.18. The molecule has 0 radical (unpaired) electrons. The van der Waals surface area contributed by atoms with Crippen LogP contribution in [0.4, 0.5) is 16.2 Å². The monoisotopic (exact) mass is 338 g/mol. The Labute approximate surface area is 145 Å². The first kappa shape index (κ1) is 16.7. The first-order valence-corrected chi connectivity index (χ1v) is 7.91. The van der Waals surface area contributed by atoms with Crippen molar-refractivity contribution in [1.29, 1.82) is 0 Å². The molecule has 0 atom stereocenters. The van der Waals surface area contributed by atoms with Crippen molar-refractivity contribution in [1.82, 2.24) is 9.97 Å². The zero-order chi connectivity index (χ0) is 17.5. The number of aromatic nitrogens is 2. The van der Waals surface area contributed by atoms with E-state index < -0.39 is 0 Å². The number of benzene rings is 2. The fourth-order valence-electron chi connectivity index (χ4n) is 2.26. The lowest BCUT2D eigenvalue weighted by atomic mass is 10.2. The lowest BCUT2D eigenvalue weighted by molar-refractivity contribution is 0.414. The molecule has 0 saturated heterocycles. The SMILES string of the molecule is COc1ccc(CNc2ccnc(NCc3ccc(F)cc3)n2)cc1. The summed E-state index contributed by atoms with van der Waals surface area (Å²) in [5.74, 6) is 1.83. The van der Waals surface area contributed by atoms with E-state index in [1.54, 1.807) is 25.4 Å². The third kappa shape index (κ3) is 4.91. The smallest absolute Gasteiger partial charge is 0.224 e. The molecule has 128 valence electrons. The maximum absolute atomic E-state index is 12.9. The Hall–Kier alpha value is -3.15. The highest BCUT2D eigenvalue weighted by molar-refractivity contribution is 5.41. The molecule has 3 aromatic rings. The zero-order valence-electron chi connectivity index (χ0n) is 13.9. The maximum atomic E-state index is 12.9. The first-order chi connectivity index (χ1) is 12.2. The fraction of sp³-hybridized carbons (Fsp3) is 0.158. The van der Waals surface area contributed by atoms with Crippen LogP contribution in [-0.4, -0.2) is 17.1 Å². The number of ether oxygens (including phenoxy) is 1. The van der Waals surface area contributed by atoms with Crippen molar-refractivity contribution < 1.29 is 9.13 Å². The van der Waals surface area contributed by atoms with Gasteiger partial charge < -0.3 is 15.4 Å². The van der Waals surface area contributed by atoms with Gasteiger partial charge in [-0.15, -0.1) is 0 Å². The topological polar surface area (TPSA) is 59.1 Å². The van der Waals surface area contributed by atoms with Crippen LogP contribution in [0.2, 0.25) is 0 Å². The van der Waals surface area contributed by atoms with E-state index in [0.29, 0.717) is 19.0 Å². The minimum absolute atomic E-state index is 0.246. The molecule has 0 aliphatic carbocycles. The summed E-state index contributed by atoms with van der Waals surface area (Å²) in [6, 6.07) is 16.0. The zero-order valence-corrected chi connectivity index (χ0v) is 13.9. The van der Waals surface area contributed by atoms with Crippen LogP contribution in [0.25, 0.3) is 0 Å². The highest BCUT2D eigenvalue weighted by Crippen LogP contribution is 2.13. The van der Waals surface area contributed by atoms with Gasteiger partial charge in [0, 0.05) is 19.3 Å². The Kier molecular flexibility index (Phi) is 5.41. The van der Waals surface area contributed by atoms with Gasteiger partial charge in [0.15, 0.2) is 0 Å². The molecule has 1 aromatic heterocycles. The summed E-state index contributed by atoms with van der Waals surface area (Å²) < 4.78 is 18.1. The molecule has 0 aliphatic rings. The van der Waals surface area contributed by atoms with E-state index in [2.05, 4.69) is 20.6 Å². The van der Waals surface area contributed by atoms with Crippen molar-refractivity contribution in [2.24, 2.45) is 0 Å². The second-order valence-electron chi connectivity index (χ2n) is 5.45. The summed E-state index contributed by atoms with van der Waals surface area (Å²) in [6.07, 6.45) is 1.69. The van der Waals surface area contributed by atoms with E-state index in [-0.39, 0.29) is 5.82 Å². The van der Waals surface area contributed by atoms with E-state index in [1.807, 2.05) is 30.3 Å². The van der Waals surface area contributed by atoms with Gasteiger partial charge in [-0.1, -0.05) is 24.3 Å². The molecule has 0 unspecified atom stereocenters. The Balaban J connectivity index is 1.56. The van der Waals surface area contributed by atoms with Gasteiger partial charge in [0.05, 0.1) is 7.11 Å². The number of nitrogens with one attached hydrogen (secondary N) is 2. The van der Waals surface area contributed by atoms with Crippen LogP contribution in [0.5, 0.6) is 5.75 Å². The van der Waals surface area contributed by atoms with Gasteiger partial charge in [-0.2, -0.15) is 4.98 Å². The standard InChI is InChI=1S/C19H19FN4O/c1-25-17-8-4-15(5-9-17)12-22-18-10-11-21-19(24-18)23-13-14-2-6-16(20)7-3-14/h2-11H,12-13H2,1H3,(H2,21,22,23,24). The number of anilines is 2. The van der Waals surface area contributed by atoms with Gasteiger partial charge in [-0.05, 0) is 41.5 Å². The summed E-state index contributed by atoms with van der Waals surface area (Å²) in [5.41, 5.74) is 2.09. The van der Waals surface area contributed by atoms with Crippen molar-refractivity contribution in [3.63, 3.8) is 0 Å². The van der Waals surface area contributed by atoms with Gasteiger partial charge in [0.2, 0.25) is 5.95 Å². The van der Waals surface area contributed by atoms with Crippen LogP contribution >= 0.6 is 0 Å². The molecule has 0 fully saturated rings. The molecule has 0 spiro atoms. The van der Waals surface area contributed by atoms with Crippen LogP contribution in [0, 0.1) is 5.82 Å². The molecule has 5 nitrogen and oxygen atoms in total. The quantitative estimate of drug-likeness (QED) is 0.685. The highest BCUT2D eigenvalue weighted by atomic mass is 19.1. The molecule has 0 aliphatic heterocycles. The van der Waals surface area contributed by atoms with Gasteiger partial charge in [0.25, 0.3) is 0 Å². The molecule has 0 bridgehead atoms. The van der Waals surface area contributed by atoms with Gasteiger partial charge in [-0.3, -0.25) is 0 Å². The Bertz CT molecular complexity index is 806. The van der Waals surface area contributed by atoms with Crippen molar-refractivity contribution >= 4 is 11.8 Å². The van der Waals surface area contributed by atoms with Crippen molar-refractivity contribution in [3.05, 3.63) is 77.7 Å². The molecule has 2 N–H and O–H groups in total. The number of hydrogen-bond acceptors (Lipinski definition) is 5. The number of nitrogens with zero attached hydrogens (tertiary/aromatic N) is 2. The summed E-state index contributed by atoms with van der Waals surface area (Å²) >= 11 is 0. The van der Waals surface area contributed by atoms with Crippen molar-refractivity contribution in [2.45, 2.75) is 13.1 Å². The minimum Gasteiger partial charge on any atom is -0.497 e. The van der Waals surface area contributed by atoms with Crippen molar-refractivity contribution in [2.75, 3.05) is 17.7 Å². The number of hydrogen-bond donors (Lipinski definition) is 2. The van der Waals surface area contributed by atoms with Gasteiger partial charge in [0.1, 0.15) is 17.4 Å². The Morgan fingerprint density at radius 3 is 2.20 bits per heavy atom. The predicted octanol–water partition coefficient (Wildman–Crippen LogP) is 3.85. The molecular formula is C19H19FN4O. The Morgan fingerprint density at radius 1 is 0.880 bits per heavy atom. The molecule has 6 heteroatoms. The van der Waals surface area contributed by atoms with Crippen molar-refractivity contribution in [3.8, 4) is 5.75 Å². The second kappa shape index (κ2) is 8.10. The number of halogens is 1. The van der Waals surface area contributed by atoms with Crippen LogP contribution < -0.4 is 15.4 Å². The molecule has 25 heavy (non-hydrogen) atoms. The van der Waals surface area contributed by atoms with E-state index in [9.17, 15) is 4.39 Å². The van der Waals surface area contributed by atoms with Crippen LogP contribution in [0.3, 0.4) is 0 Å².